The van der Waals surface area contributed by atoms with Gasteiger partial charge in [0.2, 0.25) is 5.54 Å². The average Bonchev–Trinajstić information content (AvgIpc) is 4.21. The Morgan fingerprint density at radius 2 is 1.17 bits per heavy atom. The van der Waals surface area contributed by atoms with Crippen LogP contribution >= 0.6 is 31.9 Å². The van der Waals surface area contributed by atoms with Gasteiger partial charge in [-0.15, -0.1) is 6.42 Å². The molecule has 2 fully saturated rings. The van der Waals surface area contributed by atoms with E-state index in [4.69, 9.17) is 32.6 Å². The maximum Gasteiger partial charge on any atom is 0.323 e. The lowest BCUT2D eigenvalue weighted by atomic mass is 9.99. The summed E-state index contributed by atoms with van der Waals surface area (Å²) in [4.78, 5) is 76.4. The number of carbonyl (C=O) groups is 6. The molecule has 0 saturated carbocycles. The lowest BCUT2D eigenvalue weighted by molar-refractivity contribution is -0.123. The predicted molar refractivity (Wildman–Crippen MR) is 287 cm³/mol. The molecular formula is C53H44Br2FN13O8. The van der Waals surface area contributed by atoms with Gasteiger partial charge in [-0.2, -0.15) is 15.5 Å². The number of nitrogens with one attached hydrogen (secondary N) is 4. The zero-order chi connectivity index (χ0) is 55.5. The summed E-state index contributed by atoms with van der Waals surface area (Å²) in [5.74, 6) is 8.08. The highest BCUT2D eigenvalue weighted by atomic mass is 79.9. The van der Waals surface area contributed by atoms with Crippen LogP contribution in [0.3, 0.4) is 0 Å². The molecule has 11 rings (SSSR count). The standard InChI is InChI=1S/C23H20N6O4.C15H13N3O4.C8H8BrN3.C7H3BrFN/c1-28-18-9-13(3-6-16(18)19(24)27-28)7-8-23(21(31)25-22(32)26-23)12-29-11-14-4-5-15(33-2)10-17(14)20(29)30;1-3-15(13(20)16-14(21)17-15)8-18-7-9-4-5-10(22-2)6-11(9)12(18)19;1-12-7-4-5(9)2-3-6(7)8(10)11-12;8-6-2-1-5(4-10)7(9)3-6/h3-6,9-10H,11-12H2,1-2H3,(H2,24,27)(H2,25,26,31,32);1,4-6H,7-8H2,2H3,(H2,16,17,20,21);2-4H,1H3,(H2,10,11);1-3H/t23-;15-;;/m11../s1. The van der Waals surface area contributed by atoms with Gasteiger partial charge in [0.05, 0.1) is 43.9 Å². The zero-order valence-electron chi connectivity index (χ0n) is 41.3. The minimum atomic E-state index is -1.58. The molecule has 4 aliphatic rings. The molecule has 0 unspecified atom stereocenters. The van der Waals surface area contributed by atoms with Crippen molar-refractivity contribution in [3.05, 3.63) is 139 Å². The van der Waals surface area contributed by atoms with Crippen LogP contribution in [0.25, 0.3) is 21.8 Å². The van der Waals surface area contributed by atoms with Crippen LogP contribution in [0.4, 0.5) is 25.6 Å². The van der Waals surface area contributed by atoms with Gasteiger partial charge < -0.3 is 41.4 Å². The van der Waals surface area contributed by atoms with Gasteiger partial charge in [0.15, 0.2) is 17.2 Å². The number of nitrogens with zero attached hydrogens (tertiary/aromatic N) is 7. The van der Waals surface area contributed by atoms with E-state index >= 15 is 0 Å². The maximum atomic E-state index is 13.0. The summed E-state index contributed by atoms with van der Waals surface area (Å²) < 4.78 is 28.0. The molecule has 2 saturated heterocycles. The molecule has 2 atom stereocenters. The molecule has 0 spiro atoms. The first-order chi connectivity index (χ1) is 36.7. The van der Waals surface area contributed by atoms with Crippen LogP contribution < -0.4 is 42.2 Å². The molecule has 0 bridgehead atoms. The lowest BCUT2D eigenvalue weighted by Crippen LogP contribution is -2.54. The minimum Gasteiger partial charge on any atom is -0.497 e. The van der Waals surface area contributed by atoms with Crippen LogP contribution in [0.2, 0.25) is 0 Å². The molecule has 0 aliphatic carbocycles. The van der Waals surface area contributed by atoms with Crippen LogP contribution in [0.5, 0.6) is 11.5 Å². The summed E-state index contributed by atoms with van der Waals surface area (Å²) in [6.07, 6.45) is 5.41. The molecule has 0 radical (unpaired) electrons. The Bertz CT molecular complexity index is 3780. The quantitative estimate of drug-likeness (QED) is 0.0947. The number of aromatic nitrogens is 4. The molecule has 7 aromatic rings. The number of nitrogens with two attached hydrogens (primary N) is 2. The zero-order valence-corrected chi connectivity index (χ0v) is 44.4. The number of benzene rings is 5. The number of imide groups is 2. The number of nitriles is 1. The van der Waals surface area contributed by atoms with E-state index in [0.717, 1.165) is 37.4 Å². The van der Waals surface area contributed by atoms with Gasteiger partial charge in [0.25, 0.3) is 23.6 Å². The van der Waals surface area contributed by atoms with Crippen molar-refractivity contribution < 1.29 is 42.6 Å². The van der Waals surface area contributed by atoms with Gasteiger partial charge in [-0.3, -0.25) is 39.2 Å². The molecule has 2 aromatic heterocycles. The normalized spacial score (nSPS) is 17.6. The topological polar surface area (TPSA) is 287 Å². The summed E-state index contributed by atoms with van der Waals surface area (Å²) >= 11 is 6.47. The van der Waals surface area contributed by atoms with Crippen molar-refractivity contribution in [1.82, 2.24) is 50.6 Å². The SMILES string of the molecule is C#C[C@]1(CN2Cc3ccc(OC)cc3C2=O)NC(=O)NC1=O.COc1ccc2c(c1)C(=O)N(C[C@@]1(C#Cc3ccc4c(N)nn(C)c4c3)NC(=O)NC1=O)C2.Cn1nc(N)c2ccc(Br)cc21.N#Cc1ccc(Br)cc1F. The number of anilines is 2. The fourth-order valence-corrected chi connectivity index (χ4v) is 9.31. The maximum absolute atomic E-state index is 13.0. The molecule has 8 N–H and O–H groups in total. The average molecular weight is 1170 g/mol. The summed E-state index contributed by atoms with van der Waals surface area (Å²) in [5, 5.41) is 27.7. The first-order valence-electron chi connectivity index (χ1n) is 22.9. The van der Waals surface area contributed by atoms with E-state index in [1.165, 1.54) is 36.2 Å². The first kappa shape index (κ1) is 53.8. The number of nitrogen functional groups attached to an aromatic ring is 2. The molecule has 77 heavy (non-hydrogen) atoms. The Labute approximate surface area is 455 Å². The van der Waals surface area contributed by atoms with Crippen molar-refractivity contribution in [2.24, 2.45) is 14.1 Å². The third-order valence-electron chi connectivity index (χ3n) is 12.6. The number of ether oxygens (including phenoxy) is 2. The largest absolute Gasteiger partial charge is 0.497 e. The molecule has 21 nitrogen and oxygen atoms in total. The number of halogens is 3. The van der Waals surface area contributed by atoms with Gasteiger partial charge in [-0.25, -0.2) is 14.0 Å². The number of aryl methyl sites for hydroxylation is 2. The highest BCUT2D eigenvalue weighted by Gasteiger charge is 2.49. The third-order valence-corrected chi connectivity index (χ3v) is 13.6. The van der Waals surface area contributed by atoms with Gasteiger partial charge in [0.1, 0.15) is 23.4 Å². The number of rotatable bonds is 6. The van der Waals surface area contributed by atoms with Crippen molar-refractivity contribution in [2.75, 3.05) is 38.8 Å². The Morgan fingerprint density at radius 1 is 0.688 bits per heavy atom. The number of terminal acetylenes is 1. The van der Waals surface area contributed by atoms with Crippen molar-refractivity contribution in [1.29, 1.82) is 5.26 Å². The van der Waals surface area contributed by atoms with E-state index in [2.05, 4.69) is 81.1 Å². The highest BCUT2D eigenvalue weighted by molar-refractivity contribution is 9.10. The number of hydrogen-bond donors (Lipinski definition) is 6. The van der Waals surface area contributed by atoms with Crippen LogP contribution in [-0.4, -0.2) is 103 Å². The van der Waals surface area contributed by atoms with Crippen LogP contribution in [0, 0.1) is 41.3 Å². The Morgan fingerprint density at radius 3 is 1.65 bits per heavy atom. The van der Waals surface area contributed by atoms with Crippen molar-refractivity contribution in [3.8, 4) is 41.8 Å². The van der Waals surface area contributed by atoms with Gasteiger partial charge in [-0.1, -0.05) is 61.8 Å². The Balaban J connectivity index is 0.000000152. The van der Waals surface area contributed by atoms with E-state index in [1.807, 2.05) is 31.3 Å². The molecule has 390 valence electrons. The second-order valence-electron chi connectivity index (χ2n) is 17.5. The third kappa shape index (κ3) is 11.0. The minimum absolute atomic E-state index is 0.0724. The lowest BCUT2D eigenvalue weighted by Gasteiger charge is -2.26. The van der Waals surface area contributed by atoms with Gasteiger partial charge in [0, 0.05) is 63.6 Å². The predicted octanol–water partition coefficient (Wildman–Crippen LogP) is 4.99. The summed E-state index contributed by atoms with van der Waals surface area (Å²) in [5.41, 5.74) is 13.6. The number of amides is 8. The number of urea groups is 2. The summed E-state index contributed by atoms with van der Waals surface area (Å²) in [6.45, 7) is 0.431. The van der Waals surface area contributed by atoms with E-state index in [9.17, 15) is 33.2 Å². The Hall–Kier alpha value is -9.44. The molecule has 24 heteroatoms. The van der Waals surface area contributed by atoms with E-state index in [-0.39, 0.29) is 30.5 Å². The smallest absolute Gasteiger partial charge is 0.323 e. The first-order valence-corrected chi connectivity index (χ1v) is 24.4. The van der Waals surface area contributed by atoms with E-state index < -0.39 is 40.8 Å². The highest BCUT2D eigenvalue weighted by Crippen LogP contribution is 2.31. The Kier molecular flexibility index (Phi) is 15.2. The number of methoxy groups -OCH3 is 2. The number of hydrogen-bond acceptors (Lipinski definition) is 13. The molecule has 5 aromatic carbocycles. The van der Waals surface area contributed by atoms with Crippen molar-refractivity contribution in [2.45, 2.75) is 24.2 Å². The molecule has 4 aliphatic heterocycles. The van der Waals surface area contributed by atoms with Crippen LogP contribution in [0.1, 0.15) is 43.0 Å². The second-order valence-corrected chi connectivity index (χ2v) is 19.4. The fourth-order valence-electron chi connectivity index (χ4n) is 8.62. The van der Waals surface area contributed by atoms with Crippen molar-refractivity contribution >= 4 is 101 Å². The molecule has 8 amide bonds. The van der Waals surface area contributed by atoms with Crippen LogP contribution in [-0.2, 0) is 36.8 Å². The van der Waals surface area contributed by atoms with E-state index in [1.54, 1.807) is 77.1 Å². The molecule has 6 heterocycles. The monoisotopic (exact) mass is 1170 g/mol. The summed E-state index contributed by atoms with van der Waals surface area (Å²) in [7, 11) is 6.70. The van der Waals surface area contributed by atoms with Gasteiger partial charge >= 0.3 is 12.1 Å². The van der Waals surface area contributed by atoms with Crippen LogP contribution in [0.15, 0.2) is 99.9 Å². The second kappa shape index (κ2) is 21.8. The number of fused-ring (bicyclic) bond motifs is 4. The van der Waals surface area contributed by atoms with Crippen molar-refractivity contribution in [3.63, 3.8) is 0 Å². The summed E-state index contributed by atoms with van der Waals surface area (Å²) in [6, 6.07) is 26.5. The molecular weight excluding hydrogens is 1130 g/mol. The van der Waals surface area contributed by atoms with E-state index in [0.29, 0.717) is 57.4 Å². The van der Waals surface area contributed by atoms with Gasteiger partial charge in [-0.05, 0) is 90.0 Å². The fraction of sp³-hybridized carbons (Fsp3) is 0.189. The number of carbonyl (C=O) groups excluding carboxylic acids is 6.